The predicted molar refractivity (Wildman–Crippen MR) is 105 cm³/mol. The van der Waals surface area contributed by atoms with Crippen LogP contribution >= 0.6 is 0 Å². The highest BCUT2D eigenvalue weighted by Crippen LogP contribution is 2.38. The summed E-state index contributed by atoms with van der Waals surface area (Å²) in [4.78, 5) is 12.3. The number of benzene rings is 2. The smallest absolute Gasteiger partial charge is 0.454 e. The Morgan fingerprint density at radius 1 is 0.848 bits per heavy atom. The molecule has 0 saturated carbocycles. The number of halogens is 3. The van der Waals surface area contributed by atoms with Gasteiger partial charge >= 0.3 is 21.6 Å². The van der Waals surface area contributed by atoms with Crippen LogP contribution in [0.3, 0.4) is 0 Å². The van der Waals surface area contributed by atoms with Crippen molar-refractivity contribution < 1.29 is 49.5 Å². The zero-order valence-corrected chi connectivity index (χ0v) is 17.7. The van der Waals surface area contributed by atoms with Gasteiger partial charge in [0.25, 0.3) is 0 Å². The van der Waals surface area contributed by atoms with E-state index in [9.17, 15) is 26.4 Å². The summed E-state index contributed by atoms with van der Waals surface area (Å²) in [5, 5.41) is 0. The maximum atomic E-state index is 12.9. The van der Waals surface area contributed by atoms with Crippen LogP contribution in [0.15, 0.2) is 60.7 Å². The molecule has 0 spiro atoms. The van der Waals surface area contributed by atoms with Gasteiger partial charge in [-0.15, -0.1) is 0 Å². The van der Waals surface area contributed by atoms with Gasteiger partial charge in [0.2, 0.25) is 6.29 Å². The van der Waals surface area contributed by atoms with Crippen LogP contribution in [0.2, 0.25) is 0 Å². The van der Waals surface area contributed by atoms with Gasteiger partial charge in [-0.3, -0.25) is 0 Å². The summed E-state index contributed by atoms with van der Waals surface area (Å²) >= 11 is 0. The minimum atomic E-state index is -6.04. The Balaban J connectivity index is 1.56. The number of ether oxygens (including phenoxy) is 4. The van der Waals surface area contributed by atoms with Crippen molar-refractivity contribution >= 4 is 16.1 Å². The summed E-state index contributed by atoms with van der Waals surface area (Å²) in [7, 11) is -6.04. The Morgan fingerprint density at radius 3 is 1.88 bits per heavy atom. The van der Waals surface area contributed by atoms with Gasteiger partial charge in [-0.05, 0) is 11.1 Å². The first kappa shape index (κ1) is 23.6. The molecular formula is C21H19F3O8S. The summed E-state index contributed by atoms with van der Waals surface area (Å²) < 4.78 is 88.2. The molecule has 0 N–H and O–H groups in total. The first-order chi connectivity index (χ1) is 15.7. The van der Waals surface area contributed by atoms with E-state index in [1.165, 1.54) is 0 Å². The van der Waals surface area contributed by atoms with Crippen LogP contribution in [0.4, 0.5) is 13.2 Å². The number of carbonyl (C=O) groups excluding carboxylic acids is 1. The van der Waals surface area contributed by atoms with Crippen molar-refractivity contribution in [1.29, 1.82) is 0 Å². The number of hydrogen-bond acceptors (Lipinski definition) is 8. The van der Waals surface area contributed by atoms with Crippen molar-refractivity contribution in [3.63, 3.8) is 0 Å². The van der Waals surface area contributed by atoms with Crippen LogP contribution in [0.5, 0.6) is 0 Å². The van der Waals surface area contributed by atoms with Crippen molar-refractivity contribution in [3.8, 4) is 0 Å². The van der Waals surface area contributed by atoms with Crippen LogP contribution in [-0.4, -0.2) is 50.6 Å². The topological polar surface area (TPSA) is 97.4 Å². The third-order valence-corrected chi connectivity index (χ3v) is 6.07. The number of rotatable bonds is 8. The summed E-state index contributed by atoms with van der Waals surface area (Å²) in [5.41, 5.74) is -4.28. The molecule has 178 valence electrons. The predicted octanol–water partition coefficient (Wildman–Crippen LogP) is 2.67. The average molecular weight is 488 g/mol. The van der Waals surface area contributed by atoms with Crippen LogP contribution in [0, 0.1) is 0 Å². The molecule has 2 aliphatic heterocycles. The van der Waals surface area contributed by atoms with Crippen LogP contribution < -0.4 is 0 Å². The molecule has 2 aromatic carbocycles. The maximum Gasteiger partial charge on any atom is 0.523 e. The number of alkyl halides is 3. The van der Waals surface area contributed by atoms with Crippen molar-refractivity contribution in [2.24, 2.45) is 0 Å². The SMILES string of the molecule is O=C1O[C@H]2[C@@H](OCc3ccccc3)[C@@H]1O[C@@H](OS(=O)(=O)C(F)(F)F)[C@@H]2OCc1ccccc1. The van der Waals surface area contributed by atoms with E-state index in [0.29, 0.717) is 5.56 Å². The highest BCUT2D eigenvalue weighted by molar-refractivity contribution is 7.87. The van der Waals surface area contributed by atoms with Crippen molar-refractivity contribution in [2.75, 3.05) is 0 Å². The molecule has 0 radical (unpaired) electrons. The van der Waals surface area contributed by atoms with Gasteiger partial charge in [-0.2, -0.15) is 21.6 Å². The van der Waals surface area contributed by atoms with Gasteiger partial charge in [0.05, 0.1) is 13.2 Å². The van der Waals surface area contributed by atoms with Gasteiger partial charge in [0, 0.05) is 0 Å². The third-order valence-electron chi connectivity index (χ3n) is 5.06. The molecule has 2 fully saturated rings. The Bertz CT molecular complexity index is 1060. The number of fused-ring (bicyclic) bond motifs is 2. The van der Waals surface area contributed by atoms with E-state index in [0.717, 1.165) is 5.56 Å². The molecule has 12 heteroatoms. The highest BCUT2D eigenvalue weighted by atomic mass is 32.2. The van der Waals surface area contributed by atoms with E-state index in [1.54, 1.807) is 60.7 Å². The first-order valence-electron chi connectivity index (χ1n) is 9.82. The molecule has 5 atom stereocenters. The molecule has 4 rings (SSSR count). The molecule has 0 amide bonds. The molecule has 8 nitrogen and oxygen atoms in total. The van der Waals surface area contributed by atoms with Gasteiger partial charge in [-0.1, -0.05) is 60.7 Å². The second-order valence-electron chi connectivity index (χ2n) is 7.35. The van der Waals surface area contributed by atoms with Gasteiger partial charge in [0.1, 0.15) is 12.2 Å². The monoisotopic (exact) mass is 488 g/mol. The molecule has 2 heterocycles. The fourth-order valence-electron chi connectivity index (χ4n) is 3.48. The van der Waals surface area contributed by atoms with E-state index in [-0.39, 0.29) is 13.2 Å². The van der Waals surface area contributed by atoms with Crippen molar-refractivity contribution in [2.45, 2.75) is 49.4 Å². The standard InChI is InChI=1S/C21H19F3O8S/c22-21(23,24)33(26,27)32-20-18(29-12-14-9-5-2-6-10-14)16-15(17(31-20)19(25)30-16)28-11-13-7-3-1-4-8-13/h1-10,15-18,20H,11-12H2/t15-,16+,17+,18-,20+/m1/s1. The minimum Gasteiger partial charge on any atom is -0.454 e. The summed E-state index contributed by atoms with van der Waals surface area (Å²) in [6, 6.07) is 17.5. The van der Waals surface area contributed by atoms with Crippen molar-refractivity contribution in [3.05, 3.63) is 71.8 Å². The van der Waals surface area contributed by atoms with E-state index < -0.39 is 52.3 Å². The Morgan fingerprint density at radius 2 is 1.36 bits per heavy atom. The molecule has 0 aliphatic carbocycles. The molecule has 0 aromatic heterocycles. The highest BCUT2D eigenvalue weighted by Gasteiger charge is 2.61. The zero-order chi connectivity index (χ0) is 23.6. The lowest BCUT2D eigenvalue weighted by Gasteiger charge is -2.37. The molecule has 0 unspecified atom stereocenters. The lowest BCUT2D eigenvalue weighted by Crippen LogP contribution is -2.57. The summed E-state index contributed by atoms with van der Waals surface area (Å²) in [5.74, 6) is -0.915. The van der Waals surface area contributed by atoms with Crippen LogP contribution in [0.25, 0.3) is 0 Å². The summed E-state index contributed by atoms with van der Waals surface area (Å²) in [6.07, 6.45) is -7.36. The number of carbonyl (C=O) groups is 1. The Kier molecular flexibility index (Phi) is 6.73. The van der Waals surface area contributed by atoms with Gasteiger partial charge < -0.3 is 18.9 Å². The molecule has 2 aliphatic rings. The van der Waals surface area contributed by atoms with E-state index in [4.69, 9.17) is 18.9 Å². The number of esters is 1. The molecule has 33 heavy (non-hydrogen) atoms. The van der Waals surface area contributed by atoms with Gasteiger partial charge in [-0.25, -0.2) is 8.98 Å². The lowest BCUT2D eigenvalue weighted by atomic mass is 10.0. The third kappa shape index (κ3) is 5.20. The first-order valence-corrected chi connectivity index (χ1v) is 11.2. The average Bonchev–Trinajstić information content (AvgIpc) is 3.00. The fraction of sp³-hybridized carbons (Fsp3) is 0.381. The second-order valence-corrected chi connectivity index (χ2v) is 8.91. The zero-order valence-electron chi connectivity index (χ0n) is 16.9. The van der Waals surface area contributed by atoms with Crippen LogP contribution in [0.1, 0.15) is 11.1 Å². The molecule has 2 bridgehead atoms. The minimum absolute atomic E-state index is 0.0519. The van der Waals surface area contributed by atoms with Gasteiger partial charge in [0.15, 0.2) is 12.2 Å². The fourth-order valence-corrected chi connectivity index (χ4v) is 4.00. The largest absolute Gasteiger partial charge is 0.523 e. The van der Waals surface area contributed by atoms with Crippen LogP contribution in [-0.2, 0) is 51.3 Å². The second kappa shape index (κ2) is 9.39. The Hall–Kier alpha value is -2.51. The quantitative estimate of drug-likeness (QED) is 0.318. The summed E-state index contributed by atoms with van der Waals surface area (Å²) in [6.45, 7) is -0.0821. The maximum absolute atomic E-state index is 12.9. The van der Waals surface area contributed by atoms with E-state index in [2.05, 4.69) is 4.18 Å². The molecule has 2 saturated heterocycles. The van der Waals surface area contributed by atoms with Crippen molar-refractivity contribution in [1.82, 2.24) is 0 Å². The molecule has 2 aromatic rings. The lowest BCUT2D eigenvalue weighted by molar-refractivity contribution is -0.257. The normalized spacial score (nSPS) is 27.4. The van der Waals surface area contributed by atoms with E-state index >= 15 is 0 Å². The number of hydrogen-bond donors (Lipinski definition) is 0. The Labute approximate surface area is 187 Å². The molecular weight excluding hydrogens is 469 g/mol. The van der Waals surface area contributed by atoms with E-state index in [1.807, 2.05) is 0 Å².